The predicted octanol–water partition coefficient (Wildman–Crippen LogP) is 4.25. The van der Waals surface area contributed by atoms with Crippen LogP contribution in [0.5, 0.6) is 0 Å². The van der Waals surface area contributed by atoms with E-state index in [0.717, 1.165) is 28.1 Å². The number of nitrogens with zero attached hydrogens (tertiary/aromatic N) is 1. The van der Waals surface area contributed by atoms with Gasteiger partial charge < -0.3 is 4.90 Å². The third kappa shape index (κ3) is 2.63. The van der Waals surface area contributed by atoms with Crippen molar-refractivity contribution in [2.24, 2.45) is 0 Å². The average molecular weight is 213 g/mol. The molecule has 0 aliphatic rings. The third-order valence-corrected chi connectivity index (χ3v) is 2.64. The van der Waals surface area contributed by atoms with Crippen molar-refractivity contribution in [1.82, 2.24) is 0 Å². The highest BCUT2D eigenvalue weighted by Gasteiger charge is 2.05. The highest BCUT2D eigenvalue weighted by molar-refractivity contribution is 5.65. The summed E-state index contributed by atoms with van der Waals surface area (Å²) in [6, 6.07) is 8.27. The van der Waals surface area contributed by atoms with E-state index in [0.29, 0.717) is 0 Å². The van der Waals surface area contributed by atoms with Crippen LogP contribution in [0.3, 0.4) is 0 Å². The number of likely N-dealkylation sites (N-methyl/N-ethyl adjacent to an activating group) is 1. The fraction of sp³-hybridized carbons (Fsp3) is 0.200. The quantitative estimate of drug-likeness (QED) is 0.676. The molecular formula is C15H19N. The fourth-order valence-electron chi connectivity index (χ4n) is 1.41. The van der Waals surface area contributed by atoms with Crippen LogP contribution in [0.15, 0.2) is 55.3 Å². The molecular weight excluding hydrogens is 194 g/mol. The predicted molar refractivity (Wildman–Crippen MR) is 73.5 cm³/mol. The van der Waals surface area contributed by atoms with Crippen molar-refractivity contribution >= 4 is 11.3 Å². The minimum absolute atomic E-state index is 0.933. The molecule has 16 heavy (non-hydrogen) atoms. The van der Waals surface area contributed by atoms with Crippen molar-refractivity contribution in [3.05, 3.63) is 60.8 Å². The largest absolute Gasteiger partial charge is 0.345 e. The number of anilines is 1. The summed E-state index contributed by atoms with van der Waals surface area (Å²) in [6.07, 6.45) is 0. The molecule has 0 aromatic heterocycles. The Labute approximate surface area is 98.4 Å². The lowest BCUT2D eigenvalue weighted by atomic mass is 10.1. The summed E-state index contributed by atoms with van der Waals surface area (Å²) in [5.74, 6) is 0. The van der Waals surface area contributed by atoms with E-state index in [-0.39, 0.29) is 0 Å². The highest BCUT2D eigenvalue weighted by atomic mass is 15.1. The van der Waals surface area contributed by atoms with E-state index in [1.807, 2.05) is 25.8 Å². The second-order valence-corrected chi connectivity index (χ2v) is 4.11. The molecule has 0 radical (unpaired) electrons. The molecule has 0 atom stereocenters. The minimum atomic E-state index is 0.933. The Morgan fingerprint density at radius 3 is 1.88 bits per heavy atom. The van der Waals surface area contributed by atoms with Crippen LogP contribution in [-0.2, 0) is 0 Å². The van der Waals surface area contributed by atoms with E-state index >= 15 is 0 Å². The van der Waals surface area contributed by atoms with Crippen molar-refractivity contribution in [2.45, 2.75) is 13.8 Å². The molecule has 1 heteroatoms. The SMILES string of the molecule is C=C(C)C(=C)N(C)c1ccc(C(=C)C)cc1. The standard InChI is InChI=1S/C15H19N/c1-11(2)13(5)16(6)15-9-7-14(8-10-15)12(3)4/h7-10H,1,3,5H2,2,4,6H3. The monoisotopic (exact) mass is 213 g/mol. The van der Waals surface area contributed by atoms with Gasteiger partial charge in [-0.2, -0.15) is 0 Å². The smallest absolute Gasteiger partial charge is 0.0408 e. The normalized spacial score (nSPS) is 9.69. The summed E-state index contributed by atoms with van der Waals surface area (Å²) in [6.45, 7) is 15.8. The summed E-state index contributed by atoms with van der Waals surface area (Å²) in [4.78, 5) is 2.03. The Bertz CT molecular complexity index is 423. The van der Waals surface area contributed by atoms with Crippen molar-refractivity contribution in [3.63, 3.8) is 0 Å². The zero-order valence-corrected chi connectivity index (χ0v) is 10.4. The van der Waals surface area contributed by atoms with E-state index in [9.17, 15) is 0 Å². The van der Waals surface area contributed by atoms with Gasteiger partial charge in [-0.15, -0.1) is 0 Å². The van der Waals surface area contributed by atoms with Gasteiger partial charge in [0, 0.05) is 18.4 Å². The summed E-state index contributed by atoms with van der Waals surface area (Å²) >= 11 is 0. The van der Waals surface area contributed by atoms with E-state index in [2.05, 4.69) is 44.0 Å². The molecule has 0 N–H and O–H groups in total. The molecule has 0 unspecified atom stereocenters. The molecule has 1 aromatic rings. The zero-order chi connectivity index (χ0) is 12.3. The van der Waals surface area contributed by atoms with E-state index in [1.54, 1.807) is 0 Å². The zero-order valence-electron chi connectivity index (χ0n) is 10.4. The first-order valence-corrected chi connectivity index (χ1v) is 5.28. The molecule has 0 aliphatic heterocycles. The maximum atomic E-state index is 4.00. The molecule has 0 aliphatic carbocycles. The average Bonchev–Trinajstić information content (AvgIpc) is 2.27. The van der Waals surface area contributed by atoms with Gasteiger partial charge in [-0.1, -0.05) is 37.4 Å². The third-order valence-electron chi connectivity index (χ3n) is 2.64. The maximum absolute atomic E-state index is 4.00. The van der Waals surface area contributed by atoms with Gasteiger partial charge in [0.2, 0.25) is 0 Å². The lowest BCUT2D eigenvalue weighted by molar-refractivity contribution is 1.11. The molecule has 0 saturated heterocycles. The van der Waals surface area contributed by atoms with E-state index < -0.39 is 0 Å². The minimum Gasteiger partial charge on any atom is -0.345 e. The van der Waals surface area contributed by atoms with Gasteiger partial charge in [0.05, 0.1) is 0 Å². The molecule has 0 heterocycles. The number of rotatable bonds is 4. The van der Waals surface area contributed by atoms with Crippen LogP contribution >= 0.6 is 0 Å². The lowest BCUT2D eigenvalue weighted by Crippen LogP contribution is -2.15. The molecule has 1 nitrogen and oxygen atoms in total. The Kier molecular flexibility index (Phi) is 3.73. The van der Waals surface area contributed by atoms with E-state index in [4.69, 9.17) is 0 Å². The Morgan fingerprint density at radius 1 is 1.00 bits per heavy atom. The highest BCUT2D eigenvalue weighted by Crippen LogP contribution is 2.22. The first-order chi connectivity index (χ1) is 7.43. The molecule has 0 saturated carbocycles. The van der Waals surface area contributed by atoms with Crippen LogP contribution in [0.1, 0.15) is 19.4 Å². The molecule has 0 bridgehead atoms. The van der Waals surface area contributed by atoms with Crippen LogP contribution < -0.4 is 4.90 Å². The first-order valence-electron chi connectivity index (χ1n) is 5.28. The summed E-state index contributed by atoms with van der Waals surface area (Å²) in [7, 11) is 1.99. The van der Waals surface area contributed by atoms with Crippen molar-refractivity contribution in [3.8, 4) is 0 Å². The van der Waals surface area contributed by atoms with Crippen LogP contribution in [0.4, 0.5) is 5.69 Å². The Morgan fingerprint density at radius 2 is 1.50 bits per heavy atom. The van der Waals surface area contributed by atoms with Gasteiger partial charge in [-0.3, -0.25) is 0 Å². The lowest BCUT2D eigenvalue weighted by Gasteiger charge is -2.22. The second kappa shape index (κ2) is 4.84. The maximum Gasteiger partial charge on any atom is 0.0408 e. The molecule has 1 rings (SSSR count). The van der Waals surface area contributed by atoms with Gasteiger partial charge in [-0.05, 0) is 37.1 Å². The summed E-state index contributed by atoms with van der Waals surface area (Å²) in [5, 5.41) is 0. The molecule has 1 aromatic carbocycles. The number of hydrogen-bond donors (Lipinski definition) is 0. The number of hydrogen-bond acceptors (Lipinski definition) is 1. The molecule has 84 valence electrons. The Hall–Kier alpha value is -1.76. The summed E-state index contributed by atoms with van der Waals surface area (Å²) < 4.78 is 0. The number of allylic oxidation sites excluding steroid dienone is 2. The summed E-state index contributed by atoms with van der Waals surface area (Å²) in [5.41, 5.74) is 5.26. The van der Waals surface area contributed by atoms with Gasteiger partial charge in [0.1, 0.15) is 0 Å². The van der Waals surface area contributed by atoms with Crippen molar-refractivity contribution in [2.75, 3.05) is 11.9 Å². The molecule has 0 amide bonds. The topological polar surface area (TPSA) is 3.24 Å². The van der Waals surface area contributed by atoms with Gasteiger partial charge in [-0.25, -0.2) is 0 Å². The molecule has 0 fully saturated rings. The van der Waals surface area contributed by atoms with Crippen LogP contribution in [0, 0.1) is 0 Å². The molecule has 0 spiro atoms. The van der Waals surface area contributed by atoms with Crippen LogP contribution in [0.2, 0.25) is 0 Å². The fourth-order valence-corrected chi connectivity index (χ4v) is 1.41. The van der Waals surface area contributed by atoms with Crippen LogP contribution in [0.25, 0.3) is 5.57 Å². The van der Waals surface area contributed by atoms with Crippen LogP contribution in [-0.4, -0.2) is 7.05 Å². The van der Waals surface area contributed by atoms with Gasteiger partial charge in [0.15, 0.2) is 0 Å². The van der Waals surface area contributed by atoms with E-state index in [1.165, 1.54) is 0 Å². The van der Waals surface area contributed by atoms with Crippen molar-refractivity contribution < 1.29 is 0 Å². The van der Waals surface area contributed by atoms with Gasteiger partial charge >= 0.3 is 0 Å². The number of benzene rings is 1. The first kappa shape index (κ1) is 12.3. The van der Waals surface area contributed by atoms with Gasteiger partial charge in [0.25, 0.3) is 0 Å². The second-order valence-electron chi connectivity index (χ2n) is 4.11. The van der Waals surface area contributed by atoms with Crippen molar-refractivity contribution in [1.29, 1.82) is 0 Å². The Balaban J connectivity index is 2.94.